The molecule has 2 rings (SSSR count). The number of urea groups is 1. The maximum Gasteiger partial charge on any atom is 0.321 e. The first-order chi connectivity index (χ1) is 10.1. The lowest BCUT2D eigenvalue weighted by molar-refractivity contribution is -0.150. The Morgan fingerprint density at radius 3 is 2.67 bits per heavy atom. The minimum absolute atomic E-state index is 0.133. The third kappa shape index (κ3) is 5.34. The van der Waals surface area contributed by atoms with E-state index in [9.17, 15) is 14.4 Å². The summed E-state index contributed by atoms with van der Waals surface area (Å²) < 4.78 is 5.02. The third-order valence-corrected chi connectivity index (χ3v) is 3.66. The second-order valence-corrected chi connectivity index (χ2v) is 5.62. The number of hydrogen-bond acceptors (Lipinski definition) is 5. The zero-order valence-corrected chi connectivity index (χ0v) is 12.4. The lowest BCUT2D eigenvalue weighted by Crippen LogP contribution is -2.48. The molecule has 1 saturated heterocycles. The molecular weight excluding hydrogens is 274 g/mol. The van der Waals surface area contributed by atoms with Crippen molar-refractivity contribution in [3.63, 3.8) is 0 Å². The summed E-state index contributed by atoms with van der Waals surface area (Å²) in [7, 11) is 0. The van der Waals surface area contributed by atoms with Gasteiger partial charge in [0.1, 0.15) is 0 Å². The summed E-state index contributed by atoms with van der Waals surface area (Å²) >= 11 is 0. The van der Waals surface area contributed by atoms with Crippen LogP contribution in [0.3, 0.4) is 0 Å². The minimum Gasteiger partial charge on any atom is -0.466 e. The zero-order chi connectivity index (χ0) is 15.2. The van der Waals surface area contributed by atoms with Gasteiger partial charge in [0.05, 0.1) is 19.1 Å². The smallest absolute Gasteiger partial charge is 0.321 e. The number of piperidine rings is 1. The topological polar surface area (TPSA) is 87.7 Å². The molecule has 2 fully saturated rings. The summed E-state index contributed by atoms with van der Waals surface area (Å²) in [6, 6.07) is -0.206. The van der Waals surface area contributed by atoms with Gasteiger partial charge in [-0.25, -0.2) is 4.79 Å². The highest BCUT2D eigenvalue weighted by molar-refractivity contribution is 5.95. The quantitative estimate of drug-likeness (QED) is 0.710. The molecule has 0 aromatic carbocycles. The third-order valence-electron chi connectivity index (χ3n) is 3.66. The molecule has 118 valence electrons. The van der Waals surface area contributed by atoms with Crippen LogP contribution in [0.1, 0.15) is 32.6 Å². The van der Waals surface area contributed by atoms with Gasteiger partial charge >= 0.3 is 12.0 Å². The Morgan fingerprint density at radius 2 is 2.00 bits per heavy atom. The first-order valence-electron chi connectivity index (χ1n) is 7.57. The van der Waals surface area contributed by atoms with Crippen LogP contribution < -0.4 is 10.6 Å². The average Bonchev–Trinajstić information content (AvgIpc) is 3.22. The van der Waals surface area contributed by atoms with Gasteiger partial charge in [-0.2, -0.15) is 0 Å². The van der Waals surface area contributed by atoms with Gasteiger partial charge < -0.3 is 10.1 Å². The number of carbonyl (C=O) groups is 3. The van der Waals surface area contributed by atoms with Crippen molar-refractivity contribution in [2.24, 2.45) is 5.92 Å². The summed E-state index contributed by atoms with van der Waals surface area (Å²) in [5, 5.41) is 5.02. The molecule has 0 radical (unpaired) electrons. The van der Waals surface area contributed by atoms with Gasteiger partial charge in [-0.15, -0.1) is 0 Å². The van der Waals surface area contributed by atoms with E-state index in [-0.39, 0.29) is 30.4 Å². The number of nitrogens with zero attached hydrogens (tertiary/aromatic N) is 1. The van der Waals surface area contributed by atoms with Gasteiger partial charge in [-0.1, -0.05) is 0 Å². The van der Waals surface area contributed by atoms with Crippen molar-refractivity contribution in [2.45, 2.75) is 38.6 Å². The van der Waals surface area contributed by atoms with Gasteiger partial charge in [0.15, 0.2) is 0 Å². The molecule has 0 aromatic heterocycles. The number of hydrogen-bond donors (Lipinski definition) is 2. The molecule has 0 spiro atoms. The van der Waals surface area contributed by atoms with Crippen LogP contribution in [0.25, 0.3) is 0 Å². The second kappa shape index (κ2) is 7.40. The van der Waals surface area contributed by atoms with Gasteiger partial charge in [0.25, 0.3) is 0 Å². The number of ether oxygens (including phenoxy) is 1. The van der Waals surface area contributed by atoms with E-state index in [4.69, 9.17) is 4.74 Å². The minimum atomic E-state index is -0.429. The van der Waals surface area contributed by atoms with Crippen molar-refractivity contribution in [2.75, 3.05) is 26.2 Å². The fourth-order valence-electron chi connectivity index (χ4n) is 2.47. The van der Waals surface area contributed by atoms with E-state index < -0.39 is 6.03 Å². The summed E-state index contributed by atoms with van der Waals surface area (Å²) in [6.45, 7) is 3.56. The Labute approximate surface area is 124 Å². The average molecular weight is 297 g/mol. The summed E-state index contributed by atoms with van der Waals surface area (Å²) in [4.78, 5) is 36.9. The molecular formula is C14H23N3O4. The molecule has 1 aliphatic carbocycles. The van der Waals surface area contributed by atoms with E-state index >= 15 is 0 Å². The Hall–Kier alpha value is -1.63. The maximum atomic E-state index is 11.8. The Morgan fingerprint density at radius 1 is 1.24 bits per heavy atom. The van der Waals surface area contributed by atoms with Crippen molar-refractivity contribution in [3.05, 3.63) is 0 Å². The highest BCUT2D eigenvalue weighted by Crippen LogP contribution is 2.18. The second-order valence-electron chi connectivity index (χ2n) is 5.62. The van der Waals surface area contributed by atoms with E-state index in [1.54, 1.807) is 6.92 Å². The Balaban J connectivity index is 1.72. The number of likely N-dealkylation sites (tertiary alicyclic amines) is 1. The predicted octanol–water partition coefficient (Wildman–Crippen LogP) is 0.250. The first kappa shape index (κ1) is 15.8. The number of esters is 1. The van der Waals surface area contributed by atoms with E-state index in [0.717, 1.165) is 32.2 Å². The normalized spacial score (nSPS) is 22.4. The van der Waals surface area contributed by atoms with Gasteiger partial charge in [-0.05, 0) is 39.2 Å². The molecule has 7 heteroatoms. The largest absolute Gasteiger partial charge is 0.466 e. The molecule has 3 amide bonds. The summed E-state index contributed by atoms with van der Waals surface area (Å²) in [6.07, 6.45) is 3.61. The molecule has 2 N–H and O–H groups in total. The van der Waals surface area contributed by atoms with Gasteiger partial charge in [0, 0.05) is 12.6 Å². The highest BCUT2D eigenvalue weighted by atomic mass is 16.5. The maximum absolute atomic E-state index is 11.8. The van der Waals surface area contributed by atoms with Crippen LogP contribution in [0.4, 0.5) is 4.79 Å². The number of imide groups is 1. The van der Waals surface area contributed by atoms with E-state index in [1.807, 2.05) is 4.90 Å². The Bertz CT molecular complexity index is 409. The fraction of sp³-hybridized carbons (Fsp3) is 0.786. The molecule has 1 heterocycles. The standard InChI is InChI=1S/C14H23N3O4/c1-2-21-13(19)10-4-3-7-17(8-10)9-12(18)16-14(20)15-11-5-6-11/h10-11H,2-9H2,1H3,(H2,15,16,18,20)/t10-/m1/s1. The van der Waals surface area contributed by atoms with Crippen LogP contribution in [0, 0.1) is 5.92 Å². The van der Waals surface area contributed by atoms with E-state index in [0.29, 0.717) is 13.2 Å². The molecule has 0 unspecified atom stereocenters. The molecule has 1 atom stereocenters. The van der Waals surface area contributed by atoms with Crippen molar-refractivity contribution in [3.8, 4) is 0 Å². The number of carbonyl (C=O) groups excluding carboxylic acids is 3. The monoisotopic (exact) mass is 297 g/mol. The van der Waals surface area contributed by atoms with Crippen LogP contribution in [-0.2, 0) is 14.3 Å². The molecule has 1 saturated carbocycles. The van der Waals surface area contributed by atoms with Crippen LogP contribution >= 0.6 is 0 Å². The van der Waals surface area contributed by atoms with Crippen LogP contribution in [-0.4, -0.2) is 55.1 Å². The number of rotatable bonds is 5. The lowest BCUT2D eigenvalue weighted by Gasteiger charge is -2.30. The van der Waals surface area contributed by atoms with Crippen molar-refractivity contribution in [1.29, 1.82) is 0 Å². The lowest BCUT2D eigenvalue weighted by atomic mass is 9.98. The van der Waals surface area contributed by atoms with E-state index in [2.05, 4.69) is 10.6 Å². The number of amides is 3. The fourth-order valence-corrected chi connectivity index (χ4v) is 2.47. The predicted molar refractivity (Wildman–Crippen MR) is 75.5 cm³/mol. The van der Waals surface area contributed by atoms with Crippen molar-refractivity contribution in [1.82, 2.24) is 15.5 Å². The van der Waals surface area contributed by atoms with Gasteiger partial charge in [0.2, 0.25) is 5.91 Å². The molecule has 0 bridgehead atoms. The van der Waals surface area contributed by atoms with Crippen molar-refractivity contribution < 1.29 is 19.1 Å². The van der Waals surface area contributed by atoms with E-state index in [1.165, 1.54) is 0 Å². The van der Waals surface area contributed by atoms with Crippen LogP contribution in [0.5, 0.6) is 0 Å². The molecule has 21 heavy (non-hydrogen) atoms. The molecule has 2 aliphatic rings. The van der Waals surface area contributed by atoms with Crippen LogP contribution in [0.2, 0.25) is 0 Å². The van der Waals surface area contributed by atoms with Crippen LogP contribution in [0.15, 0.2) is 0 Å². The highest BCUT2D eigenvalue weighted by Gasteiger charge is 2.28. The zero-order valence-electron chi connectivity index (χ0n) is 12.4. The van der Waals surface area contributed by atoms with Gasteiger partial charge in [-0.3, -0.25) is 19.8 Å². The summed E-state index contributed by atoms with van der Waals surface area (Å²) in [5.41, 5.74) is 0. The number of nitrogens with one attached hydrogen (secondary N) is 2. The molecule has 7 nitrogen and oxygen atoms in total. The molecule has 1 aliphatic heterocycles. The van der Waals surface area contributed by atoms with Crippen molar-refractivity contribution >= 4 is 17.9 Å². The Kier molecular flexibility index (Phi) is 5.55. The molecule has 0 aromatic rings. The first-order valence-corrected chi connectivity index (χ1v) is 7.57. The summed E-state index contributed by atoms with van der Waals surface area (Å²) in [5.74, 6) is -0.710. The SMILES string of the molecule is CCOC(=O)[C@@H]1CCCN(CC(=O)NC(=O)NC2CC2)C1.